The summed E-state index contributed by atoms with van der Waals surface area (Å²) in [4.78, 5) is 2.36. The molecule has 0 amide bonds. The van der Waals surface area contributed by atoms with Gasteiger partial charge in [0, 0.05) is 32.3 Å². The lowest BCUT2D eigenvalue weighted by Gasteiger charge is -2.22. The van der Waals surface area contributed by atoms with Crippen molar-refractivity contribution < 1.29 is 9.47 Å². The van der Waals surface area contributed by atoms with Crippen LogP contribution in [0.2, 0.25) is 0 Å². The van der Waals surface area contributed by atoms with E-state index >= 15 is 0 Å². The molecule has 0 radical (unpaired) electrons. The van der Waals surface area contributed by atoms with E-state index in [1.165, 1.54) is 0 Å². The Morgan fingerprint density at radius 3 is 1.88 bits per heavy atom. The first-order chi connectivity index (χ1) is 7.70. The number of nitrogens with two attached hydrogens (primary N) is 1. The summed E-state index contributed by atoms with van der Waals surface area (Å²) >= 11 is 0. The molecular weight excluding hydrogens is 204 g/mol. The monoisotopic (exact) mass is 232 g/mol. The zero-order valence-electron chi connectivity index (χ0n) is 11.1. The number of hydrogen-bond donors (Lipinski definition) is 1. The van der Waals surface area contributed by atoms with Crippen molar-refractivity contribution in [2.45, 2.75) is 33.2 Å². The highest BCUT2D eigenvalue weighted by molar-refractivity contribution is 4.61. The maximum absolute atomic E-state index is 5.76. The Hall–Kier alpha value is -0.160. The third kappa shape index (κ3) is 10.4. The fraction of sp³-hybridized carbons (Fsp3) is 1.00. The molecule has 0 aliphatic heterocycles. The van der Waals surface area contributed by atoms with Gasteiger partial charge >= 0.3 is 0 Å². The number of nitrogens with zero attached hydrogens (tertiary/aromatic N) is 1. The summed E-state index contributed by atoms with van der Waals surface area (Å²) in [7, 11) is 0. The van der Waals surface area contributed by atoms with Crippen molar-refractivity contribution in [3.63, 3.8) is 0 Å². The minimum absolute atomic E-state index is 0.265. The van der Waals surface area contributed by atoms with E-state index in [1.807, 2.05) is 20.8 Å². The summed E-state index contributed by atoms with van der Waals surface area (Å²) < 4.78 is 10.7. The van der Waals surface area contributed by atoms with E-state index in [2.05, 4.69) is 4.90 Å². The summed E-state index contributed by atoms with van der Waals surface area (Å²) in [6.45, 7) is 12.2. The Morgan fingerprint density at radius 1 is 1.00 bits per heavy atom. The quantitative estimate of drug-likeness (QED) is 0.542. The van der Waals surface area contributed by atoms with Crippen LogP contribution in [-0.2, 0) is 9.47 Å². The molecule has 0 saturated carbocycles. The van der Waals surface area contributed by atoms with Crippen molar-refractivity contribution in [3.8, 4) is 0 Å². The average Bonchev–Trinajstić information content (AvgIpc) is 2.25. The molecule has 1 atom stereocenters. The standard InChI is InChI=1S/C12H28N2O2/c1-4-15-10-8-14(7-6-12(3)13)9-11-16-5-2/h12H,4-11,13H2,1-3H3. The molecule has 0 heterocycles. The molecule has 0 fully saturated rings. The van der Waals surface area contributed by atoms with Crippen molar-refractivity contribution in [1.82, 2.24) is 4.90 Å². The maximum atomic E-state index is 5.76. The van der Waals surface area contributed by atoms with Crippen LogP contribution in [0.3, 0.4) is 0 Å². The van der Waals surface area contributed by atoms with Crippen LogP contribution in [0.25, 0.3) is 0 Å². The van der Waals surface area contributed by atoms with Crippen molar-refractivity contribution in [2.24, 2.45) is 5.73 Å². The van der Waals surface area contributed by atoms with Gasteiger partial charge in [0.15, 0.2) is 0 Å². The van der Waals surface area contributed by atoms with Gasteiger partial charge in [-0.05, 0) is 33.7 Å². The Bertz CT molecular complexity index is 133. The highest BCUT2D eigenvalue weighted by Crippen LogP contribution is 1.95. The molecule has 0 aromatic rings. The van der Waals surface area contributed by atoms with Crippen LogP contribution in [0, 0.1) is 0 Å². The number of ether oxygens (including phenoxy) is 2. The third-order valence-corrected chi connectivity index (χ3v) is 2.41. The number of hydrogen-bond acceptors (Lipinski definition) is 4. The Labute approximate surface area is 100 Å². The molecule has 98 valence electrons. The Balaban J connectivity index is 3.67. The summed E-state index contributed by atoms with van der Waals surface area (Å²) in [6, 6.07) is 0.265. The van der Waals surface area contributed by atoms with Gasteiger partial charge in [0.2, 0.25) is 0 Å². The van der Waals surface area contributed by atoms with Crippen LogP contribution in [-0.4, -0.2) is 57.0 Å². The maximum Gasteiger partial charge on any atom is 0.0593 e. The van der Waals surface area contributed by atoms with Gasteiger partial charge in [-0.25, -0.2) is 0 Å². The van der Waals surface area contributed by atoms with Gasteiger partial charge < -0.3 is 15.2 Å². The number of rotatable bonds is 11. The average molecular weight is 232 g/mol. The molecule has 4 nitrogen and oxygen atoms in total. The molecule has 2 N–H and O–H groups in total. The smallest absolute Gasteiger partial charge is 0.0593 e. The molecule has 4 heteroatoms. The molecule has 1 unspecified atom stereocenters. The zero-order valence-corrected chi connectivity index (χ0v) is 11.1. The summed E-state index contributed by atoms with van der Waals surface area (Å²) in [5.41, 5.74) is 5.76. The second-order valence-electron chi connectivity index (χ2n) is 4.00. The lowest BCUT2D eigenvalue weighted by atomic mass is 10.2. The molecule has 0 spiro atoms. The van der Waals surface area contributed by atoms with Crippen LogP contribution in [0.15, 0.2) is 0 Å². The van der Waals surface area contributed by atoms with E-state index in [1.54, 1.807) is 0 Å². The van der Waals surface area contributed by atoms with Crippen LogP contribution >= 0.6 is 0 Å². The Kier molecular flexibility index (Phi) is 11.2. The van der Waals surface area contributed by atoms with E-state index in [-0.39, 0.29) is 6.04 Å². The fourth-order valence-electron chi connectivity index (χ4n) is 1.40. The summed E-state index contributed by atoms with van der Waals surface area (Å²) in [5, 5.41) is 0. The van der Waals surface area contributed by atoms with Gasteiger partial charge in [0.05, 0.1) is 13.2 Å². The lowest BCUT2D eigenvalue weighted by Crippen LogP contribution is -2.34. The molecule has 0 saturated heterocycles. The molecular formula is C12H28N2O2. The van der Waals surface area contributed by atoms with Crippen LogP contribution in [0.5, 0.6) is 0 Å². The lowest BCUT2D eigenvalue weighted by molar-refractivity contribution is 0.0817. The highest BCUT2D eigenvalue weighted by atomic mass is 16.5. The third-order valence-electron chi connectivity index (χ3n) is 2.41. The van der Waals surface area contributed by atoms with Crippen molar-refractivity contribution in [2.75, 3.05) is 46.1 Å². The second kappa shape index (κ2) is 11.3. The van der Waals surface area contributed by atoms with Gasteiger partial charge in [0.25, 0.3) is 0 Å². The van der Waals surface area contributed by atoms with Gasteiger partial charge in [-0.2, -0.15) is 0 Å². The van der Waals surface area contributed by atoms with E-state index < -0.39 is 0 Å². The van der Waals surface area contributed by atoms with Gasteiger partial charge in [-0.3, -0.25) is 4.90 Å². The van der Waals surface area contributed by atoms with Gasteiger partial charge in [-0.1, -0.05) is 0 Å². The largest absolute Gasteiger partial charge is 0.380 e. The van der Waals surface area contributed by atoms with Crippen LogP contribution in [0.4, 0.5) is 0 Å². The van der Waals surface area contributed by atoms with Crippen LogP contribution < -0.4 is 5.73 Å². The molecule has 0 rings (SSSR count). The summed E-state index contributed by atoms with van der Waals surface area (Å²) in [6.07, 6.45) is 1.03. The topological polar surface area (TPSA) is 47.7 Å². The van der Waals surface area contributed by atoms with Gasteiger partial charge in [-0.15, -0.1) is 0 Å². The molecule has 0 aliphatic carbocycles. The first kappa shape index (κ1) is 15.8. The minimum Gasteiger partial charge on any atom is -0.380 e. The minimum atomic E-state index is 0.265. The molecule has 0 aromatic carbocycles. The van der Waals surface area contributed by atoms with E-state index in [0.29, 0.717) is 0 Å². The van der Waals surface area contributed by atoms with E-state index in [4.69, 9.17) is 15.2 Å². The second-order valence-corrected chi connectivity index (χ2v) is 4.00. The fourth-order valence-corrected chi connectivity index (χ4v) is 1.40. The Morgan fingerprint density at radius 2 is 1.50 bits per heavy atom. The molecule has 0 aliphatic rings. The molecule has 16 heavy (non-hydrogen) atoms. The predicted octanol–water partition coefficient (Wildman–Crippen LogP) is 1.10. The van der Waals surface area contributed by atoms with Gasteiger partial charge in [0.1, 0.15) is 0 Å². The van der Waals surface area contributed by atoms with Crippen LogP contribution in [0.1, 0.15) is 27.2 Å². The van der Waals surface area contributed by atoms with E-state index in [0.717, 1.165) is 52.5 Å². The SMILES string of the molecule is CCOCCN(CCOCC)CCC(C)N. The highest BCUT2D eigenvalue weighted by Gasteiger charge is 2.05. The normalized spacial score (nSPS) is 13.3. The van der Waals surface area contributed by atoms with Crippen molar-refractivity contribution in [3.05, 3.63) is 0 Å². The van der Waals surface area contributed by atoms with E-state index in [9.17, 15) is 0 Å². The molecule has 0 aromatic heterocycles. The first-order valence-corrected chi connectivity index (χ1v) is 6.34. The zero-order chi connectivity index (χ0) is 12.2. The predicted molar refractivity (Wildman–Crippen MR) is 67.7 cm³/mol. The molecule has 0 bridgehead atoms. The summed E-state index contributed by atoms with van der Waals surface area (Å²) in [5.74, 6) is 0. The van der Waals surface area contributed by atoms with Crippen molar-refractivity contribution in [1.29, 1.82) is 0 Å². The van der Waals surface area contributed by atoms with Crippen molar-refractivity contribution >= 4 is 0 Å². The first-order valence-electron chi connectivity index (χ1n) is 6.34.